The van der Waals surface area contributed by atoms with Crippen LogP contribution in [0.15, 0.2) is 36.4 Å². The molecule has 2 amide bonds. The minimum absolute atomic E-state index is 0.0114. The topological polar surface area (TPSA) is 58.6 Å². The van der Waals surface area contributed by atoms with Gasteiger partial charge in [0.05, 0.1) is 7.11 Å². The summed E-state index contributed by atoms with van der Waals surface area (Å²) < 4.78 is 5.54. The smallest absolute Gasteiger partial charge is 0.245 e. The van der Waals surface area contributed by atoms with Crippen LogP contribution >= 0.6 is 0 Å². The fraction of sp³-hybridized carbons (Fsp3) is 0.400. The normalized spacial score (nSPS) is 18.2. The first-order valence-electron chi connectivity index (χ1n) is 8.76. The minimum Gasteiger partial charge on any atom is -0.496 e. The van der Waals surface area contributed by atoms with Gasteiger partial charge < -0.3 is 15.0 Å². The van der Waals surface area contributed by atoms with Crippen LogP contribution < -0.4 is 10.1 Å². The van der Waals surface area contributed by atoms with Crippen molar-refractivity contribution in [1.29, 1.82) is 0 Å². The molecule has 1 heterocycles. The highest BCUT2D eigenvalue weighted by Gasteiger charge is 2.29. The Morgan fingerprint density at radius 1 is 1.20 bits per heavy atom. The summed E-state index contributed by atoms with van der Waals surface area (Å²) in [4.78, 5) is 26.6. The van der Waals surface area contributed by atoms with Gasteiger partial charge in [0.1, 0.15) is 11.8 Å². The average Bonchev–Trinajstić information content (AvgIpc) is 2.76. The standard InChI is InChI=1S/C20H24N2O3/c1-3-6-17-20(24)22(12-11-19(23)21-17)13-16-15-8-5-4-7-14(15)9-10-18(16)25-2/h4-5,7-10,17H,3,6,11-13H2,1-2H3,(H,21,23). The van der Waals surface area contributed by atoms with E-state index in [1.807, 2.05) is 43.3 Å². The van der Waals surface area contributed by atoms with E-state index in [0.29, 0.717) is 25.9 Å². The number of carbonyl (C=O) groups is 2. The van der Waals surface area contributed by atoms with Crippen LogP contribution in [0.3, 0.4) is 0 Å². The number of nitrogens with one attached hydrogen (secondary N) is 1. The van der Waals surface area contributed by atoms with E-state index in [1.54, 1.807) is 12.0 Å². The van der Waals surface area contributed by atoms with Gasteiger partial charge in [-0.15, -0.1) is 0 Å². The summed E-state index contributed by atoms with van der Waals surface area (Å²) in [5.41, 5.74) is 0.985. The predicted molar refractivity (Wildman–Crippen MR) is 97.4 cm³/mol. The quantitative estimate of drug-likeness (QED) is 0.910. The molecule has 1 aliphatic rings. The molecule has 25 heavy (non-hydrogen) atoms. The lowest BCUT2D eigenvalue weighted by Gasteiger charge is -2.25. The number of rotatable bonds is 5. The van der Waals surface area contributed by atoms with Crippen LogP contribution in [0.5, 0.6) is 5.75 Å². The summed E-state index contributed by atoms with van der Waals surface area (Å²) in [5.74, 6) is 0.698. The zero-order chi connectivity index (χ0) is 17.8. The molecule has 3 rings (SSSR count). The number of hydrogen-bond acceptors (Lipinski definition) is 3. The molecule has 5 nitrogen and oxygen atoms in total. The van der Waals surface area contributed by atoms with Crippen LogP contribution in [-0.4, -0.2) is 36.4 Å². The zero-order valence-corrected chi connectivity index (χ0v) is 14.7. The molecule has 2 aromatic carbocycles. The van der Waals surface area contributed by atoms with Gasteiger partial charge >= 0.3 is 0 Å². The Morgan fingerprint density at radius 2 is 2.00 bits per heavy atom. The van der Waals surface area contributed by atoms with Crippen LogP contribution in [0, 0.1) is 0 Å². The molecule has 5 heteroatoms. The molecule has 1 saturated heterocycles. The molecule has 1 aliphatic heterocycles. The summed E-state index contributed by atoms with van der Waals surface area (Å²) in [6, 6.07) is 11.6. The number of hydrogen-bond donors (Lipinski definition) is 1. The van der Waals surface area contributed by atoms with Gasteiger partial charge in [-0.25, -0.2) is 0 Å². The van der Waals surface area contributed by atoms with Crippen molar-refractivity contribution in [2.24, 2.45) is 0 Å². The molecule has 1 N–H and O–H groups in total. The van der Waals surface area contributed by atoms with E-state index in [9.17, 15) is 9.59 Å². The van der Waals surface area contributed by atoms with E-state index < -0.39 is 6.04 Å². The van der Waals surface area contributed by atoms with Crippen LogP contribution in [0.2, 0.25) is 0 Å². The van der Waals surface area contributed by atoms with Crippen LogP contribution in [0.1, 0.15) is 31.7 Å². The lowest BCUT2D eigenvalue weighted by molar-refractivity contribution is -0.134. The van der Waals surface area contributed by atoms with Crippen molar-refractivity contribution in [3.05, 3.63) is 42.0 Å². The van der Waals surface area contributed by atoms with Gasteiger partial charge in [-0.1, -0.05) is 43.7 Å². The highest BCUT2D eigenvalue weighted by atomic mass is 16.5. The maximum absolute atomic E-state index is 12.9. The van der Waals surface area contributed by atoms with Crippen molar-refractivity contribution in [3.8, 4) is 5.75 Å². The van der Waals surface area contributed by atoms with Gasteiger partial charge in [0.25, 0.3) is 0 Å². The fourth-order valence-corrected chi connectivity index (χ4v) is 3.40. The van der Waals surface area contributed by atoms with Gasteiger partial charge in [-0.05, 0) is 23.3 Å². The van der Waals surface area contributed by atoms with Crippen molar-refractivity contribution in [1.82, 2.24) is 10.2 Å². The first-order chi connectivity index (χ1) is 12.1. The molecule has 1 unspecified atom stereocenters. The first kappa shape index (κ1) is 17.3. The van der Waals surface area contributed by atoms with Crippen molar-refractivity contribution in [2.75, 3.05) is 13.7 Å². The van der Waals surface area contributed by atoms with Crippen molar-refractivity contribution < 1.29 is 14.3 Å². The second kappa shape index (κ2) is 7.55. The lowest BCUT2D eigenvalue weighted by atomic mass is 10.0. The van der Waals surface area contributed by atoms with Gasteiger partial charge in [0, 0.05) is 25.1 Å². The second-order valence-electron chi connectivity index (χ2n) is 6.39. The molecule has 2 aromatic rings. The Hall–Kier alpha value is -2.56. The van der Waals surface area contributed by atoms with E-state index in [0.717, 1.165) is 28.5 Å². The number of amides is 2. The second-order valence-corrected chi connectivity index (χ2v) is 6.39. The van der Waals surface area contributed by atoms with Gasteiger partial charge in [-0.2, -0.15) is 0 Å². The van der Waals surface area contributed by atoms with Crippen molar-refractivity contribution in [2.45, 2.75) is 38.8 Å². The van der Waals surface area contributed by atoms with E-state index >= 15 is 0 Å². The largest absolute Gasteiger partial charge is 0.496 e. The lowest BCUT2D eigenvalue weighted by Crippen LogP contribution is -2.44. The number of benzene rings is 2. The number of carbonyl (C=O) groups excluding carboxylic acids is 2. The predicted octanol–water partition coefficient (Wildman–Crippen LogP) is 2.87. The summed E-state index contributed by atoms with van der Waals surface area (Å²) in [6.07, 6.45) is 1.84. The molecule has 0 saturated carbocycles. The Labute approximate surface area is 148 Å². The molecule has 132 valence electrons. The minimum atomic E-state index is -0.430. The molecule has 0 bridgehead atoms. The Kier molecular flexibility index (Phi) is 5.22. The van der Waals surface area contributed by atoms with Gasteiger partial charge in [-0.3, -0.25) is 9.59 Å². The highest BCUT2D eigenvalue weighted by Crippen LogP contribution is 2.29. The summed E-state index contributed by atoms with van der Waals surface area (Å²) in [7, 11) is 1.64. The molecule has 0 radical (unpaired) electrons. The molecule has 0 aliphatic carbocycles. The number of ether oxygens (including phenoxy) is 1. The molecule has 1 atom stereocenters. The SMILES string of the molecule is CCCC1NC(=O)CCN(Cc2c(OC)ccc3ccccc23)C1=O. The molecule has 0 spiro atoms. The van der Waals surface area contributed by atoms with Crippen molar-refractivity contribution >= 4 is 22.6 Å². The van der Waals surface area contributed by atoms with E-state index in [-0.39, 0.29) is 11.8 Å². The third-order valence-corrected chi connectivity index (χ3v) is 4.70. The van der Waals surface area contributed by atoms with Crippen LogP contribution in [0.4, 0.5) is 0 Å². The molecule has 1 fully saturated rings. The first-order valence-corrected chi connectivity index (χ1v) is 8.76. The molecular formula is C20H24N2O3. The maximum Gasteiger partial charge on any atom is 0.245 e. The molecule has 0 aromatic heterocycles. The summed E-state index contributed by atoms with van der Waals surface area (Å²) in [6.45, 7) is 2.89. The monoisotopic (exact) mass is 340 g/mol. The fourth-order valence-electron chi connectivity index (χ4n) is 3.40. The molecular weight excluding hydrogens is 316 g/mol. The third-order valence-electron chi connectivity index (χ3n) is 4.70. The summed E-state index contributed by atoms with van der Waals surface area (Å²) >= 11 is 0. The number of nitrogens with zero attached hydrogens (tertiary/aromatic N) is 1. The Bertz CT molecular complexity index is 788. The highest BCUT2D eigenvalue weighted by molar-refractivity contribution is 5.91. The number of fused-ring (bicyclic) bond motifs is 1. The van der Waals surface area contributed by atoms with Crippen molar-refractivity contribution in [3.63, 3.8) is 0 Å². The third kappa shape index (κ3) is 3.60. The van der Waals surface area contributed by atoms with E-state index in [2.05, 4.69) is 5.32 Å². The van der Waals surface area contributed by atoms with E-state index in [1.165, 1.54) is 0 Å². The van der Waals surface area contributed by atoms with Crippen LogP contribution in [0.25, 0.3) is 10.8 Å². The van der Waals surface area contributed by atoms with Gasteiger partial charge in [0.15, 0.2) is 0 Å². The van der Waals surface area contributed by atoms with E-state index in [4.69, 9.17) is 4.74 Å². The Morgan fingerprint density at radius 3 is 2.76 bits per heavy atom. The maximum atomic E-state index is 12.9. The summed E-state index contributed by atoms with van der Waals surface area (Å²) in [5, 5.41) is 5.03. The zero-order valence-electron chi connectivity index (χ0n) is 14.7. The van der Waals surface area contributed by atoms with Gasteiger partial charge in [0.2, 0.25) is 11.8 Å². The Balaban J connectivity index is 1.96. The average molecular weight is 340 g/mol. The van der Waals surface area contributed by atoms with Crippen LogP contribution in [-0.2, 0) is 16.1 Å². The number of methoxy groups -OCH3 is 1.